The average molecular weight is 433 g/mol. The number of carbonyl (C=O) groups is 1. The van der Waals surface area contributed by atoms with Crippen LogP contribution < -0.4 is 14.8 Å². The summed E-state index contributed by atoms with van der Waals surface area (Å²) in [6.07, 6.45) is 2.19. The van der Waals surface area contributed by atoms with Crippen molar-refractivity contribution in [3.05, 3.63) is 53.6 Å². The van der Waals surface area contributed by atoms with Crippen LogP contribution in [-0.2, 0) is 19.6 Å². The summed E-state index contributed by atoms with van der Waals surface area (Å²) >= 11 is 0. The zero-order valence-corrected chi connectivity index (χ0v) is 18.1. The van der Waals surface area contributed by atoms with Gasteiger partial charge in [-0.2, -0.15) is 0 Å². The van der Waals surface area contributed by atoms with Crippen LogP contribution in [0.1, 0.15) is 30.4 Å². The van der Waals surface area contributed by atoms with E-state index in [0.29, 0.717) is 23.6 Å². The van der Waals surface area contributed by atoms with Gasteiger partial charge in [-0.25, -0.2) is 13.1 Å². The van der Waals surface area contributed by atoms with Gasteiger partial charge in [-0.1, -0.05) is 18.2 Å². The van der Waals surface area contributed by atoms with Crippen LogP contribution in [0.4, 0.5) is 5.69 Å². The molecule has 2 aromatic carbocycles. The first kappa shape index (κ1) is 22.3. The van der Waals surface area contributed by atoms with E-state index < -0.39 is 10.0 Å². The Morgan fingerprint density at radius 1 is 1.20 bits per heavy atom. The number of hydrogen-bond donors (Lipinski definition) is 2. The number of rotatable bonds is 9. The maximum atomic E-state index is 12.5. The van der Waals surface area contributed by atoms with E-state index in [2.05, 4.69) is 10.0 Å². The zero-order valence-electron chi connectivity index (χ0n) is 17.3. The quantitative estimate of drug-likeness (QED) is 0.635. The van der Waals surface area contributed by atoms with E-state index in [4.69, 9.17) is 9.47 Å². The fraction of sp³-hybridized carbons (Fsp3) is 0.409. The molecule has 2 N–H and O–H groups in total. The molecule has 8 heteroatoms. The normalized spacial score (nSPS) is 16.4. The maximum Gasteiger partial charge on any atom is 0.240 e. The highest BCUT2D eigenvalue weighted by Gasteiger charge is 2.18. The fourth-order valence-electron chi connectivity index (χ4n) is 3.23. The number of hydrogen-bond acceptors (Lipinski definition) is 5. The number of aryl methyl sites for hydroxylation is 2. The molecule has 1 aliphatic rings. The van der Waals surface area contributed by atoms with Gasteiger partial charge in [-0.15, -0.1) is 0 Å². The van der Waals surface area contributed by atoms with Crippen LogP contribution in [0.2, 0.25) is 0 Å². The van der Waals surface area contributed by atoms with Gasteiger partial charge in [0.1, 0.15) is 12.4 Å². The van der Waals surface area contributed by atoms with Crippen molar-refractivity contribution in [3.63, 3.8) is 0 Å². The lowest BCUT2D eigenvalue weighted by Gasteiger charge is -2.13. The molecular formula is C22H28N2O5S. The monoisotopic (exact) mass is 432 g/mol. The summed E-state index contributed by atoms with van der Waals surface area (Å²) in [5.74, 6) is 0.369. The van der Waals surface area contributed by atoms with Crippen LogP contribution in [0.3, 0.4) is 0 Å². The van der Waals surface area contributed by atoms with Crippen molar-refractivity contribution in [2.45, 2.75) is 44.1 Å². The predicted molar refractivity (Wildman–Crippen MR) is 115 cm³/mol. The summed E-state index contributed by atoms with van der Waals surface area (Å²) in [4.78, 5) is 12.5. The summed E-state index contributed by atoms with van der Waals surface area (Å²) in [5, 5.41) is 2.77. The molecule has 1 saturated heterocycles. The van der Waals surface area contributed by atoms with Crippen molar-refractivity contribution in [3.8, 4) is 5.75 Å². The number of benzene rings is 2. The van der Waals surface area contributed by atoms with E-state index in [0.717, 1.165) is 25.0 Å². The Bertz CT molecular complexity index is 985. The Kier molecular flexibility index (Phi) is 7.47. The van der Waals surface area contributed by atoms with Gasteiger partial charge in [0.15, 0.2) is 0 Å². The van der Waals surface area contributed by atoms with Crippen molar-refractivity contribution >= 4 is 21.6 Å². The van der Waals surface area contributed by atoms with E-state index in [1.165, 1.54) is 0 Å². The highest BCUT2D eigenvalue weighted by molar-refractivity contribution is 7.89. The Labute approximate surface area is 177 Å². The van der Waals surface area contributed by atoms with Crippen LogP contribution in [0.5, 0.6) is 5.75 Å². The number of anilines is 1. The number of carbonyl (C=O) groups excluding carboxylic acids is 1. The Balaban J connectivity index is 1.48. The molecule has 1 amide bonds. The molecule has 30 heavy (non-hydrogen) atoms. The SMILES string of the molecule is Cc1ccc(C)c(S(=O)(=O)NCCC(=O)Nc2cccc(OCC3CCCO3)c2)c1. The van der Waals surface area contributed by atoms with Crippen molar-refractivity contribution in [2.24, 2.45) is 0 Å². The first-order valence-electron chi connectivity index (χ1n) is 10.0. The third-order valence-electron chi connectivity index (χ3n) is 4.85. The molecule has 1 heterocycles. The Morgan fingerprint density at radius 3 is 2.80 bits per heavy atom. The molecular weight excluding hydrogens is 404 g/mol. The fourth-order valence-corrected chi connectivity index (χ4v) is 4.58. The lowest BCUT2D eigenvalue weighted by atomic mass is 10.2. The van der Waals surface area contributed by atoms with Gasteiger partial charge in [0.25, 0.3) is 0 Å². The van der Waals surface area contributed by atoms with Crippen molar-refractivity contribution < 1.29 is 22.7 Å². The second-order valence-corrected chi connectivity index (χ2v) is 9.17. The number of amides is 1. The summed E-state index contributed by atoms with van der Waals surface area (Å²) in [5.41, 5.74) is 2.12. The van der Waals surface area contributed by atoms with E-state index in [1.54, 1.807) is 37.3 Å². The minimum Gasteiger partial charge on any atom is -0.491 e. The minimum absolute atomic E-state index is 0.0107. The highest BCUT2D eigenvalue weighted by atomic mass is 32.2. The second-order valence-electron chi connectivity index (χ2n) is 7.44. The Morgan fingerprint density at radius 2 is 2.03 bits per heavy atom. The van der Waals surface area contributed by atoms with Crippen LogP contribution in [0.15, 0.2) is 47.4 Å². The smallest absolute Gasteiger partial charge is 0.240 e. The molecule has 0 saturated carbocycles. The maximum absolute atomic E-state index is 12.5. The van der Waals surface area contributed by atoms with Crippen LogP contribution >= 0.6 is 0 Å². The molecule has 3 rings (SSSR count). The molecule has 0 radical (unpaired) electrons. The van der Waals surface area contributed by atoms with Gasteiger partial charge in [0.05, 0.1) is 11.0 Å². The molecule has 0 aliphatic carbocycles. The van der Waals surface area contributed by atoms with Crippen molar-refractivity contribution in [2.75, 3.05) is 25.1 Å². The molecule has 1 aliphatic heterocycles. The minimum atomic E-state index is -3.67. The molecule has 0 bridgehead atoms. The van der Waals surface area contributed by atoms with Crippen molar-refractivity contribution in [1.82, 2.24) is 4.72 Å². The summed E-state index contributed by atoms with van der Waals surface area (Å²) < 4.78 is 38.8. The third-order valence-corrected chi connectivity index (χ3v) is 6.46. The summed E-state index contributed by atoms with van der Waals surface area (Å²) in [7, 11) is -3.67. The number of sulfonamides is 1. The average Bonchev–Trinajstić information content (AvgIpc) is 3.22. The van der Waals surface area contributed by atoms with Gasteiger partial charge in [-0.05, 0) is 56.0 Å². The van der Waals surface area contributed by atoms with E-state index in [-0.39, 0.29) is 29.9 Å². The molecule has 162 valence electrons. The summed E-state index contributed by atoms with van der Waals surface area (Å²) in [6, 6.07) is 12.4. The van der Waals surface area contributed by atoms with Crippen LogP contribution in [0.25, 0.3) is 0 Å². The van der Waals surface area contributed by atoms with Gasteiger partial charge in [-0.3, -0.25) is 4.79 Å². The molecule has 0 aromatic heterocycles. The standard InChI is InChI=1S/C22H28N2O5S/c1-16-8-9-17(2)21(13-16)30(26,27)23-11-10-22(25)24-18-5-3-6-19(14-18)29-15-20-7-4-12-28-20/h3,5-6,8-9,13-14,20,23H,4,7,10-12,15H2,1-2H3,(H,24,25). The number of ether oxygens (including phenoxy) is 2. The van der Waals surface area contributed by atoms with Gasteiger partial charge in [0.2, 0.25) is 15.9 Å². The molecule has 1 atom stereocenters. The highest BCUT2D eigenvalue weighted by Crippen LogP contribution is 2.20. The first-order valence-corrected chi connectivity index (χ1v) is 11.5. The predicted octanol–water partition coefficient (Wildman–Crippen LogP) is 3.17. The van der Waals surface area contributed by atoms with Crippen LogP contribution in [0, 0.1) is 13.8 Å². The Hall–Kier alpha value is -2.42. The molecule has 0 spiro atoms. The van der Waals surface area contributed by atoms with Gasteiger partial charge >= 0.3 is 0 Å². The topological polar surface area (TPSA) is 93.7 Å². The largest absolute Gasteiger partial charge is 0.491 e. The van der Waals surface area contributed by atoms with Crippen molar-refractivity contribution in [1.29, 1.82) is 0 Å². The van der Waals surface area contributed by atoms with E-state index in [9.17, 15) is 13.2 Å². The van der Waals surface area contributed by atoms with Crippen LogP contribution in [-0.4, -0.2) is 40.2 Å². The summed E-state index contributed by atoms with van der Waals surface area (Å²) in [6.45, 7) is 4.85. The first-order chi connectivity index (χ1) is 14.3. The molecule has 2 aromatic rings. The van der Waals surface area contributed by atoms with Gasteiger partial charge in [0, 0.05) is 31.3 Å². The molecule has 1 fully saturated rings. The zero-order chi connectivity index (χ0) is 21.6. The lowest BCUT2D eigenvalue weighted by Crippen LogP contribution is -2.28. The second kappa shape index (κ2) is 10.1. The third kappa shape index (κ3) is 6.29. The van der Waals surface area contributed by atoms with E-state index in [1.807, 2.05) is 19.1 Å². The van der Waals surface area contributed by atoms with Gasteiger partial charge < -0.3 is 14.8 Å². The van der Waals surface area contributed by atoms with E-state index >= 15 is 0 Å². The number of nitrogens with one attached hydrogen (secondary N) is 2. The molecule has 1 unspecified atom stereocenters. The lowest BCUT2D eigenvalue weighted by molar-refractivity contribution is -0.116. The molecule has 7 nitrogen and oxygen atoms in total.